The lowest BCUT2D eigenvalue weighted by molar-refractivity contribution is 0.0953. The lowest BCUT2D eigenvalue weighted by Crippen LogP contribution is -2.26. The molecule has 0 bridgehead atoms. The van der Waals surface area contributed by atoms with Crippen molar-refractivity contribution in [3.8, 4) is 5.69 Å². The Hall–Kier alpha value is -2.96. The maximum atomic E-state index is 14.0. The maximum absolute atomic E-state index is 14.0. The molecule has 0 unspecified atom stereocenters. The molecule has 3 rings (SSSR count). The number of hydrogen-bond acceptors (Lipinski definition) is 3. The molecule has 0 fully saturated rings. The van der Waals surface area contributed by atoms with Crippen LogP contribution >= 0.6 is 0 Å². The summed E-state index contributed by atoms with van der Waals surface area (Å²) in [6.07, 6.45) is 2.18. The summed E-state index contributed by atoms with van der Waals surface area (Å²) in [5.41, 5.74) is 4.58. The number of aryl methyl sites for hydroxylation is 2. The second-order valence-corrected chi connectivity index (χ2v) is 6.29. The zero-order chi connectivity index (χ0) is 18.8. The molecule has 1 amide bonds. The van der Waals surface area contributed by atoms with Crippen molar-refractivity contribution >= 4 is 5.91 Å². The van der Waals surface area contributed by atoms with Crippen molar-refractivity contribution in [2.75, 3.05) is 6.54 Å². The average molecular weight is 355 g/mol. The summed E-state index contributed by atoms with van der Waals surface area (Å²) in [7, 11) is 1.91. The van der Waals surface area contributed by atoms with Crippen molar-refractivity contribution in [1.29, 1.82) is 0 Å². The highest BCUT2D eigenvalue weighted by atomic mass is 19.1. The van der Waals surface area contributed by atoms with Gasteiger partial charge in [0, 0.05) is 19.3 Å². The number of carbonyl (C=O) groups is 1. The average Bonchev–Trinajstić information content (AvgIpc) is 3.09. The number of benzene rings is 1. The normalized spacial score (nSPS) is 11.0. The SMILES string of the molecule is Cc1nn(C)c(C)c1CCNC(=O)c1cnn(-c2ccccc2F)c1C. The zero-order valence-electron chi connectivity index (χ0n) is 15.4. The lowest BCUT2D eigenvalue weighted by atomic mass is 10.1. The van der Waals surface area contributed by atoms with Gasteiger partial charge in [-0.25, -0.2) is 9.07 Å². The van der Waals surface area contributed by atoms with Crippen LogP contribution in [0, 0.1) is 26.6 Å². The lowest BCUT2D eigenvalue weighted by Gasteiger charge is -2.08. The third kappa shape index (κ3) is 3.24. The first kappa shape index (κ1) is 17.8. The topological polar surface area (TPSA) is 64.7 Å². The fourth-order valence-electron chi connectivity index (χ4n) is 3.07. The number of carbonyl (C=O) groups excluding carboxylic acids is 1. The summed E-state index contributed by atoms with van der Waals surface area (Å²) < 4.78 is 17.3. The predicted octanol–water partition coefficient (Wildman–Crippen LogP) is 2.64. The molecule has 1 N–H and O–H groups in total. The molecule has 1 aromatic carbocycles. The van der Waals surface area contributed by atoms with Crippen LogP contribution in [0.3, 0.4) is 0 Å². The molecular formula is C19H22FN5O. The Morgan fingerprint density at radius 1 is 1.19 bits per heavy atom. The van der Waals surface area contributed by atoms with Gasteiger partial charge in [0.25, 0.3) is 5.91 Å². The van der Waals surface area contributed by atoms with Crippen molar-refractivity contribution < 1.29 is 9.18 Å². The van der Waals surface area contributed by atoms with E-state index in [2.05, 4.69) is 15.5 Å². The minimum atomic E-state index is -0.381. The van der Waals surface area contributed by atoms with E-state index in [0.29, 0.717) is 29.9 Å². The molecule has 7 heteroatoms. The number of hydrogen-bond donors (Lipinski definition) is 1. The van der Waals surface area contributed by atoms with Crippen LogP contribution in [0.15, 0.2) is 30.5 Å². The van der Waals surface area contributed by atoms with Crippen molar-refractivity contribution in [3.63, 3.8) is 0 Å². The molecule has 6 nitrogen and oxygen atoms in total. The highest BCUT2D eigenvalue weighted by Crippen LogP contribution is 2.17. The van der Waals surface area contributed by atoms with Crippen molar-refractivity contribution in [1.82, 2.24) is 24.9 Å². The van der Waals surface area contributed by atoms with E-state index in [1.54, 1.807) is 25.1 Å². The fourth-order valence-corrected chi connectivity index (χ4v) is 3.07. The minimum Gasteiger partial charge on any atom is -0.352 e. The molecule has 0 aliphatic carbocycles. The number of nitrogens with one attached hydrogen (secondary N) is 1. The molecule has 2 aromatic heterocycles. The smallest absolute Gasteiger partial charge is 0.254 e. The Balaban J connectivity index is 1.70. The molecule has 0 saturated heterocycles. The Morgan fingerprint density at radius 2 is 1.92 bits per heavy atom. The van der Waals surface area contributed by atoms with E-state index in [1.807, 2.05) is 25.6 Å². The molecule has 2 heterocycles. The highest BCUT2D eigenvalue weighted by molar-refractivity contribution is 5.95. The van der Waals surface area contributed by atoms with Crippen molar-refractivity contribution in [2.45, 2.75) is 27.2 Å². The van der Waals surface area contributed by atoms with E-state index in [-0.39, 0.29) is 11.7 Å². The van der Waals surface area contributed by atoms with Crippen LogP contribution in [0.5, 0.6) is 0 Å². The van der Waals surface area contributed by atoms with Gasteiger partial charge in [-0.2, -0.15) is 10.2 Å². The van der Waals surface area contributed by atoms with Gasteiger partial charge < -0.3 is 5.32 Å². The Bertz CT molecular complexity index is 957. The minimum absolute atomic E-state index is 0.218. The molecule has 0 aliphatic heterocycles. The van der Waals surface area contributed by atoms with E-state index in [1.165, 1.54) is 16.9 Å². The number of halogens is 1. The van der Waals surface area contributed by atoms with Crippen LogP contribution in [0.25, 0.3) is 5.69 Å². The number of amides is 1. The van der Waals surface area contributed by atoms with Gasteiger partial charge in [-0.1, -0.05) is 12.1 Å². The molecule has 0 spiro atoms. The summed E-state index contributed by atoms with van der Waals surface area (Å²) in [6.45, 7) is 6.23. The quantitative estimate of drug-likeness (QED) is 0.765. The second-order valence-electron chi connectivity index (χ2n) is 6.29. The standard InChI is InChI=1S/C19H22FN5O/c1-12-15(13(2)24(4)23-12)9-10-21-19(26)16-11-22-25(14(16)3)18-8-6-5-7-17(18)20/h5-8,11H,9-10H2,1-4H3,(H,21,26). The largest absolute Gasteiger partial charge is 0.352 e. The Labute approximate surface area is 151 Å². The third-order valence-corrected chi connectivity index (χ3v) is 4.65. The first-order valence-electron chi connectivity index (χ1n) is 8.47. The maximum Gasteiger partial charge on any atom is 0.254 e. The van der Waals surface area contributed by atoms with Crippen LogP contribution in [-0.4, -0.2) is 32.0 Å². The van der Waals surface area contributed by atoms with E-state index in [0.717, 1.165) is 17.0 Å². The van der Waals surface area contributed by atoms with E-state index in [9.17, 15) is 9.18 Å². The first-order valence-corrected chi connectivity index (χ1v) is 8.47. The van der Waals surface area contributed by atoms with Gasteiger partial charge >= 0.3 is 0 Å². The van der Waals surface area contributed by atoms with Gasteiger partial charge in [0.1, 0.15) is 11.5 Å². The van der Waals surface area contributed by atoms with Crippen LogP contribution in [0.2, 0.25) is 0 Å². The van der Waals surface area contributed by atoms with Gasteiger partial charge in [-0.15, -0.1) is 0 Å². The van der Waals surface area contributed by atoms with E-state index in [4.69, 9.17) is 0 Å². The van der Waals surface area contributed by atoms with Crippen LogP contribution in [-0.2, 0) is 13.5 Å². The molecule has 0 saturated carbocycles. The van der Waals surface area contributed by atoms with E-state index < -0.39 is 0 Å². The Morgan fingerprint density at radius 3 is 2.58 bits per heavy atom. The molecule has 136 valence electrons. The van der Waals surface area contributed by atoms with Crippen LogP contribution in [0.1, 0.15) is 33.0 Å². The molecule has 3 aromatic rings. The van der Waals surface area contributed by atoms with Gasteiger partial charge in [0.05, 0.1) is 23.1 Å². The number of rotatable bonds is 5. The van der Waals surface area contributed by atoms with Crippen LogP contribution < -0.4 is 5.32 Å². The van der Waals surface area contributed by atoms with Gasteiger partial charge in [-0.3, -0.25) is 9.48 Å². The summed E-state index contributed by atoms with van der Waals surface area (Å²) in [4.78, 5) is 12.5. The highest BCUT2D eigenvalue weighted by Gasteiger charge is 2.17. The monoisotopic (exact) mass is 355 g/mol. The van der Waals surface area contributed by atoms with Gasteiger partial charge in [0.15, 0.2) is 0 Å². The van der Waals surface area contributed by atoms with Gasteiger partial charge in [0.2, 0.25) is 0 Å². The predicted molar refractivity (Wildman–Crippen MR) is 97.0 cm³/mol. The first-order chi connectivity index (χ1) is 12.4. The third-order valence-electron chi connectivity index (χ3n) is 4.65. The second kappa shape index (κ2) is 7.11. The fraction of sp³-hybridized carbons (Fsp3) is 0.316. The molecule has 0 aliphatic rings. The molecular weight excluding hydrogens is 333 g/mol. The zero-order valence-corrected chi connectivity index (χ0v) is 15.4. The summed E-state index contributed by atoms with van der Waals surface area (Å²) in [6, 6.07) is 6.35. The summed E-state index contributed by atoms with van der Waals surface area (Å²) in [5.74, 6) is -0.600. The molecule has 0 atom stereocenters. The Kier molecular flexibility index (Phi) is 4.88. The van der Waals surface area contributed by atoms with Crippen LogP contribution in [0.4, 0.5) is 4.39 Å². The van der Waals surface area contributed by atoms with E-state index >= 15 is 0 Å². The van der Waals surface area contributed by atoms with Gasteiger partial charge in [-0.05, 0) is 44.9 Å². The number of aromatic nitrogens is 4. The molecule has 0 radical (unpaired) electrons. The van der Waals surface area contributed by atoms with Crippen molar-refractivity contribution in [3.05, 3.63) is 64.5 Å². The number of para-hydroxylation sites is 1. The summed E-state index contributed by atoms with van der Waals surface area (Å²) >= 11 is 0. The van der Waals surface area contributed by atoms with Crippen molar-refractivity contribution in [2.24, 2.45) is 7.05 Å². The summed E-state index contributed by atoms with van der Waals surface area (Å²) in [5, 5.41) is 11.5. The molecule has 26 heavy (non-hydrogen) atoms. The number of nitrogens with zero attached hydrogens (tertiary/aromatic N) is 4.